The Morgan fingerprint density at radius 2 is 2.00 bits per heavy atom. The number of piperazine rings is 1. The van der Waals surface area contributed by atoms with Gasteiger partial charge in [-0.05, 0) is 32.7 Å². The molecular formula is C9H18N2. The third-order valence-corrected chi connectivity index (χ3v) is 2.78. The molecule has 1 N–H and O–H groups in total. The molecule has 2 rings (SSSR count). The predicted octanol–water partition coefficient (Wildman–Crippen LogP) is 0.688. The summed E-state index contributed by atoms with van der Waals surface area (Å²) in [5, 5.41) is 3.67. The Labute approximate surface area is 69.0 Å². The van der Waals surface area contributed by atoms with Crippen LogP contribution in [0.3, 0.4) is 0 Å². The van der Waals surface area contributed by atoms with Gasteiger partial charge in [-0.2, -0.15) is 0 Å². The van der Waals surface area contributed by atoms with Gasteiger partial charge in [0.2, 0.25) is 0 Å². The Hall–Kier alpha value is -0.0800. The van der Waals surface area contributed by atoms with Crippen molar-refractivity contribution in [2.45, 2.75) is 31.8 Å². The third-order valence-electron chi connectivity index (χ3n) is 2.78. The van der Waals surface area contributed by atoms with Gasteiger partial charge in [0.1, 0.15) is 0 Å². The number of nitrogens with one attached hydrogen (secondary N) is 1. The van der Waals surface area contributed by atoms with Crippen molar-refractivity contribution >= 4 is 0 Å². The molecule has 1 saturated heterocycles. The van der Waals surface area contributed by atoms with E-state index < -0.39 is 0 Å². The highest BCUT2D eigenvalue weighted by Gasteiger charge is 2.34. The quantitative estimate of drug-likeness (QED) is 0.598. The Bertz CT molecular complexity index is 132. The van der Waals surface area contributed by atoms with E-state index in [1.54, 1.807) is 0 Å². The Morgan fingerprint density at radius 1 is 1.27 bits per heavy atom. The summed E-state index contributed by atoms with van der Waals surface area (Å²) in [7, 11) is 2.23. The van der Waals surface area contributed by atoms with Crippen molar-refractivity contribution in [3.8, 4) is 0 Å². The number of rotatable bonds is 1. The summed E-state index contributed by atoms with van der Waals surface area (Å²) in [5.41, 5.74) is 0. The van der Waals surface area contributed by atoms with Crippen LogP contribution in [-0.2, 0) is 0 Å². The van der Waals surface area contributed by atoms with Crippen LogP contribution in [0.5, 0.6) is 0 Å². The zero-order chi connectivity index (χ0) is 7.84. The van der Waals surface area contributed by atoms with Gasteiger partial charge in [0.25, 0.3) is 0 Å². The summed E-state index contributed by atoms with van der Waals surface area (Å²) in [6.45, 7) is 4.75. The van der Waals surface area contributed by atoms with Crippen LogP contribution in [0.4, 0.5) is 0 Å². The molecule has 64 valence electrons. The maximum atomic E-state index is 3.67. The van der Waals surface area contributed by atoms with Gasteiger partial charge in [0.15, 0.2) is 0 Å². The van der Waals surface area contributed by atoms with Crippen LogP contribution in [0.1, 0.15) is 19.8 Å². The Kier molecular flexibility index (Phi) is 1.90. The molecule has 1 heterocycles. The summed E-state index contributed by atoms with van der Waals surface area (Å²) in [5.74, 6) is 1.00. The lowest BCUT2D eigenvalue weighted by molar-refractivity contribution is 0.187. The summed E-state index contributed by atoms with van der Waals surface area (Å²) >= 11 is 0. The molecule has 0 spiro atoms. The van der Waals surface area contributed by atoms with Crippen LogP contribution in [-0.4, -0.2) is 37.1 Å². The van der Waals surface area contributed by atoms with Gasteiger partial charge < -0.3 is 10.2 Å². The molecule has 2 fully saturated rings. The monoisotopic (exact) mass is 154 g/mol. The average molecular weight is 154 g/mol. The zero-order valence-electron chi connectivity index (χ0n) is 7.51. The summed E-state index contributed by atoms with van der Waals surface area (Å²) < 4.78 is 0. The van der Waals surface area contributed by atoms with Crippen LogP contribution in [0.25, 0.3) is 0 Å². The fraction of sp³-hybridized carbons (Fsp3) is 1.00. The van der Waals surface area contributed by atoms with Gasteiger partial charge in [0.05, 0.1) is 0 Å². The molecule has 0 aromatic heterocycles. The lowest BCUT2D eigenvalue weighted by atomic mass is 10.1. The van der Waals surface area contributed by atoms with Crippen molar-refractivity contribution in [2.24, 2.45) is 5.92 Å². The van der Waals surface area contributed by atoms with Crippen molar-refractivity contribution in [2.75, 3.05) is 20.1 Å². The van der Waals surface area contributed by atoms with Crippen LogP contribution < -0.4 is 5.32 Å². The maximum absolute atomic E-state index is 3.67. The summed E-state index contributed by atoms with van der Waals surface area (Å²) in [4.78, 5) is 2.45. The van der Waals surface area contributed by atoms with E-state index in [4.69, 9.17) is 0 Å². The van der Waals surface area contributed by atoms with Crippen molar-refractivity contribution in [3.05, 3.63) is 0 Å². The second kappa shape index (κ2) is 2.76. The predicted molar refractivity (Wildman–Crippen MR) is 46.6 cm³/mol. The van der Waals surface area contributed by atoms with Gasteiger partial charge in [0, 0.05) is 25.2 Å². The fourth-order valence-corrected chi connectivity index (χ4v) is 2.13. The molecule has 2 heteroatoms. The molecule has 0 aromatic carbocycles. The Balaban J connectivity index is 1.89. The molecule has 1 saturated carbocycles. The number of nitrogens with zero attached hydrogens (tertiary/aromatic N) is 1. The molecule has 1 aliphatic heterocycles. The molecule has 1 aliphatic carbocycles. The van der Waals surface area contributed by atoms with Crippen molar-refractivity contribution in [1.82, 2.24) is 10.2 Å². The average Bonchev–Trinajstić information content (AvgIpc) is 2.64. The van der Waals surface area contributed by atoms with E-state index in [9.17, 15) is 0 Å². The first kappa shape index (κ1) is 7.56. The van der Waals surface area contributed by atoms with E-state index in [2.05, 4.69) is 24.2 Å². The van der Waals surface area contributed by atoms with Gasteiger partial charge in [-0.15, -0.1) is 0 Å². The van der Waals surface area contributed by atoms with E-state index in [-0.39, 0.29) is 0 Å². The standard InChI is InChI=1S/C9H18N2/c1-7-5-11(2)6-9(10-7)8-3-4-8/h7-10H,3-6H2,1-2H3/t7-,9+/m1/s1. The normalized spacial score (nSPS) is 40.9. The second-order valence-electron chi connectivity index (χ2n) is 4.23. The van der Waals surface area contributed by atoms with Crippen LogP contribution in [0, 0.1) is 5.92 Å². The summed E-state index contributed by atoms with van der Waals surface area (Å²) in [6, 6.07) is 1.49. The second-order valence-corrected chi connectivity index (χ2v) is 4.23. The summed E-state index contributed by atoms with van der Waals surface area (Å²) in [6.07, 6.45) is 2.91. The smallest absolute Gasteiger partial charge is 0.0226 e. The van der Waals surface area contributed by atoms with Crippen LogP contribution >= 0.6 is 0 Å². The van der Waals surface area contributed by atoms with Gasteiger partial charge in [-0.3, -0.25) is 0 Å². The lowest BCUT2D eigenvalue weighted by Gasteiger charge is -2.35. The maximum Gasteiger partial charge on any atom is 0.0226 e. The molecule has 0 aromatic rings. The molecule has 0 amide bonds. The topological polar surface area (TPSA) is 15.3 Å². The van der Waals surface area contributed by atoms with E-state index in [1.807, 2.05) is 0 Å². The van der Waals surface area contributed by atoms with E-state index in [0.29, 0.717) is 6.04 Å². The molecule has 11 heavy (non-hydrogen) atoms. The van der Waals surface area contributed by atoms with E-state index >= 15 is 0 Å². The number of hydrogen-bond donors (Lipinski definition) is 1. The Morgan fingerprint density at radius 3 is 2.55 bits per heavy atom. The van der Waals surface area contributed by atoms with Crippen molar-refractivity contribution in [1.29, 1.82) is 0 Å². The molecule has 0 unspecified atom stereocenters. The molecule has 2 atom stereocenters. The highest BCUT2D eigenvalue weighted by Crippen LogP contribution is 2.33. The van der Waals surface area contributed by atoms with Crippen molar-refractivity contribution in [3.63, 3.8) is 0 Å². The fourth-order valence-electron chi connectivity index (χ4n) is 2.13. The minimum atomic E-state index is 0.694. The van der Waals surface area contributed by atoms with E-state index in [0.717, 1.165) is 12.0 Å². The van der Waals surface area contributed by atoms with Gasteiger partial charge in [-0.25, -0.2) is 0 Å². The van der Waals surface area contributed by atoms with Crippen LogP contribution in [0.2, 0.25) is 0 Å². The van der Waals surface area contributed by atoms with Crippen molar-refractivity contribution < 1.29 is 0 Å². The minimum Gasteiger partial charge on any atom is -0.309 e. The largest absolute Gasteiger partial charge is 0.309 e. The first-order valence-corrected chi connectivity index (χ1v) is 4.70. The number of hydrogen-bond acceptors (Lipinski definition) is 2. The molecule has 0 bridgehead atoms. The first-order valence-electron chi connectivity index (χ1n) is 4.70. The lowest BCUT2D eigenvalue weighted by Crippen LogP contribution is -2.54. The van der Waals surface area contributed by atoms with E-state index in [1.165, 1.54) is 25.9 Å². The highest BCUT2D eigenvalue weighted by molar-refractivity contribution is 4.92. The van der Waals surface area contributed by atoms with Crippen LogP contribution in [0.15, 0.2) is 0 Å². The van der Waals surface area contributed by atoms with Gasteiger partial charge in [-0.1, -0.05) is 0 Å². The highest BCUT2D eigenvalue weighted by atomic mass is 15.2. The molecular weight excluding hydrogens is 136 g/mol. The SMILES string of the molecule is C[C@@H]1CN(C)C[C@@H](C2CC2)N1. The third kappa shape index (κ3) is 1.74. The number of likely N-dealkylation sites (N-methyl/N-ethyl adjacent to an activating group) is 1. The minimum absolute atomic E-state index is 0.694. The first-order chi connectivity index (χ1) is 5.25. The molecule has 0 radical (unpaired) electrons. The zero-order valence-corrected chi connectivity index (χ0v) is 7.51. The molecule has 2 aliphatic rings. The van der Waals surface area contributed by atoms with Gasteiger partial charge >= 0.3 is 0 Å². The molecule has 2 nitrogen and oxygen atoms in total.